The molecule has 0 radical (unpaired) electrons. The Morgan fingerprint density at radius 2 is 2.09 bits per heavy atom. The van der Waals surface area contributed by atoms with Gasteiger partial charge in [-0.1, -0.05) is 27.5 Å². The molecule has 0 aliphatic rings. The molecule has 4 heteroatoms. The summed E-state index contributed by atoms with van der Waals surface area (Å²) in [6.45, 7) is 5.87. The molecule has 1 aromatic rings. The van der Waals surface area contributed by atoms with Gasteiger partial charge in [0.15, 0.2) is 0 Å². The second-order valence-corrected chi connectivity index (χ2v) is 4.21. The fraction of sp³-hybridized carbons (Fsp3) is 0.571. The van der Waals surface area contributed by atoms with E-state index in [2.05, 4.69) is 21.0 Å². The van der Waals surface area contributed by atoms with Crippen LogP contribution in [0.5, 0.6) is 0 Å². The average molecular weight is 238 g/mol. The first-order chi connectivity index (χ1) is 5.04. The highest BCUT2D eigenvalue weighted by molar-refractivity contribution is 9.09. The van der Waals surface area contributed by atoms with Gasteiger partial charge in [0.25, 0.3) is 0 Å². The third-order valence-electron chi connectivity index (χ3n) is 1.57. The van der Waals surface area contributed by atoms with Crippen molar-refractivity contribution in [1.82, 2.24) is 9.78 Å². The van der Waals surface area contributed by atoms with Crippen LogP contribution < -0.4 is 0 Å². The van der Waals surface area contributed by atoms with E-state index in [0.29, 0.717) is 0 Å². The van der Waals surface area contributed by atoms with Crippen LogP contribution >= 0.6 is 27.5 Å². The number of hydrogen-bond acceptors (Lipinski definition) is 1. The molecule has 0 saturated heterocycles. The third kappa shape index (κ3) is 1.59. The zero-order chi connectivity index (χ0) is 8.59. The van der Waals surface area contributed by atoms with E-state index in [1.807, 2.05) is 25.5 Å². The minimum absolute atomic E-state index is 0.202. The van der Waals surface area contributed by atoms with Crippen molar-refractivity contribution in [1.29, 1.82) is 0 Å². The molecule has 1 atom stereocenters. The van der Waals surface area contributed by atoms with E-state index in [0.717, 1.165) is 16.4 Å². The van der Waals surface area contributed by atoms with Gasteiger partial charge < -0.3 is 0 Å². The number of halogens is 2. The largest absolute Gasteiger partial charge is 0.255 e. The molecule has 0 bridgehead atoms. The lowest BCUT2D eigenvalue weighted by atomic mass is 10.4. The van der Waals surface area contributed by atoms with Crippen molar-refractivity contribution in [2.24, 2.45) is 0 Å². The van der Waals surface area contributed by atoms with Crippen LogP contribution in [-0.2, 0) is 0 Å². The highest BCUT2D eigenvalue weighted by atomic mass is 79.9. The highest BCUT2D eigenvalue weighted by Crippen LogP contribution is 2.24. The summed E-state index contributed by atoms with van der Waals surface area (Å²) in [6, 6.07) is 0. The Labute approximate surface area is 79.7 Å². The molecule has 0 saturated carbocycles. The quantitative estimate of drug-likeness (QED) is 0.687. The Bertz CT molecular complexity index is 268. The first-order valence-corrected chi connectivity index (χ1v) is 4.68. The first-order valence-electron chi connectivity index (χ1n) is 3.39. The van der Waals surface area contributed by atoms with Gasteiger partial charge in [-0.25, -0.2) is 0 Å². The number of aryl methyl sites for hydroxylation is 1. The molecule has 0 spiro atoms. The summed E-state index contributed by atoms with van der Waals surface area (Å²) in [5.74, 6) is 0. The molecule has 11 heavy (non-hydrogen) atoms. The van der Waals surface area contributed by atoms with Gasteiger partial charge in [-0.15, -0.1) is 0 Å². The molecular weight excluding hydrogens is 227 g/mol. The Morgan fingerprint density at radius 3 is 2.27 bits per heavy atom. The summed E-state index contributed by atoms with van der Waals surface area (Å²) in [6.07, 6.45) is 0. The summed E-state index contributed by atoms with van der Waals surface area (Å²) >= 11 is 9.36. The number of rotatable bonds is 1. The van der Waals surface area contributed by atoms with E-state index in [4.69, 9.17) is 11.6 Å². The lowest BCUT2D eigenvalue weighted by molar-refractivity contribution is 0.628. The maximum atomic E-state index is 5.94. The summed E-state index contributed by atoms with van der Waals surface area (Å²) < 4.78 is 1.86. The molecule has 0 aromatic carbocycles. The molecule has 0 amide bonds. The lowest BCUT2D eigenvalue weighted by Gasteiger charge is -2.04. The van der Waals surface area contributed by atoms with Gasteiger partial charge in [-0.2, -0.15) is 5.10 Å². The maximum absolute atomic E-state index is 5.94. The highest BCUT2D eigenvalue weighted by Gasteiger charge is 2.11. The lowest BCUT2D eigenvalue weighted by Crippen LogP contribution is -2.01. The first kappa shape index (κ1) is 9.07. The van der Waals surface area contributed by atoms with Crippen molar-refractivity contribution >= 4 is 27.5 Å². The van der Waals surface area contributed by atoms with Crippen LogP contribution in [0.1, 0.15) is 23.3 Å². The predicted octanol–water partition coefficient (Wildman–Crippen LogP) is 3.07. The average Bonchev–Trinajstić information content (AvgIpc) is 2.17. The van der Waals surface area contributed by atoms with Crippen molar-refractivity contribution in [3.8, 4) is 0 Å². The van der Waals surface area contributed by atoms with Gasteiger partial charge in [0, 0.05) is 0 Å². The maximum Gasteiger partial charge on any atom is 0.104 e. The molecule has 1 rings (SSSR count). The van der Waals surface area contributed by atoms with E-state index in [-0.39, 0.29) is 4.95 Å². The SMILES string of the molecule is Cc1nn(C(C)Br)c(C)c1Cl. The van der Waals surface area contributed by atoms with Gasteiger partial charge in [0.1, 0.15) is 4.95 Å². The molecule has 1 heterocycles. The third-order valence-corrected chi connectivity index (χ3v) is 2.51. The Morgan fingerprint density at radius 1 is 1.55 bits per heavy atom. The molecule has 0 aliphatic heterocycles. The number of nitrogens with zero attached hydrogens (tertiary/aromatic N) is 2. The van der Waals surface area contributed by atoms with Crippen LogP contribution in [0.2, 0.25) is 5.02 Å². The molecule has 2 nitrogen and oxygen atoms in total. The van der Waals surface area contributed by atoms with Crippen molar-refractivity contribution in [3.05, 3.63) is 16.4 Å². The summed E-state index contributed by atoms with van der Waals surface area (Å²) in [5.41, 5.74) is 1.89. The summed E-state index contributed by atoms with van der Waals surface area (Å²) in [5, 5.41) is 5.01. The van der Waals surface area contributed by atoms with Crippen LogP contribution in [0, 0.1) is 13.8 Å². The second kappa shape index (κ2) is 3.15. The predicted molar refractivity (Wildman–Crippen MR) is 50.3 cm³/mol. The molecule has 1 aromatic heterocycles. The van der Waals surface area contributed by atoms with Gasteiger partial charge in [-0.05, 0) is 20.8 Å². The minimum atomic E-state index is 0.202. The molecule has 1 unspecified atom stereocenters. The van der Waals surface area contributed by atoms with Gasteiger partial charge >= 0.3 is 0 Å². The number of alkyl halides is 1. The van der Waals surface area contributed by atoms with Gasteiger partial charge in [0.2, 0.25) is 0 Å². The molecular formula is C7H10BrClN2. The zero-order valence-corrected chi connectivity index (χ0v) is 9.07. The molecule has 0 aliphatic carbocycles. The summed E-state index contributed by atoms with van der Waals surface area (Å²) in [4.78, 5) is 0.202. The fourth-order valence-electron chi connectivity index (χ4n) is 0.989. The monoisotopic (exact) mass is 236 g/mol. The topological polar surface area (TPSA) is 17.8 Å². The van der Waals surface area contributed by atoms with Crippen LogP contribution in [0.25, 0.3) is 0 Å². The van der Waals surface area contributed by atoms with Gasteiger partial charge in [0.05, 0.1) is 16.4 Å². The zero-order valence-electron chi connectivity index (χ0n) is 6.73. The Kier molecular flexibility index (Phi) is 2.60. The van der Waals surface area contributed by atoms with Gasteiger partial charge in [-0.3, -0.25) is 4.68 Å². The van der Waals surface area contributed by atoms with E-state index in [9.17, 15) is 0 Å². The van der Waals surface area contributed by atoms with Crippen molar-refractivity contribution in [3.63, 3.8) is 0 Å². The van der Waals surface area contributed by atoms with Crippen LogP contribution in [0.4, 0.5) is 0 Å². The van der Waals surface area contributed by atoms with E-state index in [1.54, 1.807) is 0 Å². The molecule has 62 valence electrons. The van der Waals surface area contributed by atoms with Crippen LogP contribution in [-0.4, -0.2) is 9.78 Å². The second-order valence-electron chi connectivity index (χ2n) is 2.50. The standard InChI is InChI=1S/C7H10BrClN2/c1-4-7(9)5(2)11(10-4)6(3)8/h6H,1-3H3. The van der Waals surface area contributed by atoms with Crippen LogP contribution in [0.15, 0.2) is 0 Å². The minimum Gasteiger partial charge on any atom is -0.255 e. The molecule has 0 N–H and O–H groups in total. The number of aromatic nitrogens is 2. The van der Waals surface area contributed by atoms with E-state index in [1.165, 1.54) is 0 Å². The fourth-order valence-corrected chi connectivity index (χ4v) is 1.51. The Hall–Kier alpha value is -0.0200. The normalized spacial score (nSPS) is 13.5. The van der Waals surface area contributed by atoms with Crippen molar-refractivity contribution in [2.75, 3.05) is 0 Å². The Balaban J connectivity index is 3.19. The van der Waals surface area contributed by atoms with Crippen molar-refractivity contribution < 1.29 is 0 Å². The summed E-state index contributed by atoms with van der Waals surface area (Å²) in [7, 11) is 0. The van der Waals surface area contributed by atoms with E-state index >= 15 is 0 Å². The number of hydrogen-bond donors (Lipinski definition) is 0. The van der Waals surface area contributed by atoms with Crippen molar-refractivity contribution in [2.45, 2.75) is 25.7 Å². The van der Waals surface area contributed by atoms with Crippen LogP contribution in [0.3, 0.4) is 0 Å². The molecule has 0 fully saturated rings. The smallest absolute Gasteiger partial charge is 0.104 e. The van der Waals surface area contributed by atoms with E-state index < -0.39 is 0 Å².